The number of rotatable bonds is 24. The average molecular weight is 1730 g/mol. The standard InChI is InChI=1S/C25H21BrN4O.C25H21ClN4O.C25H21FN4O.C25H22N4O2/c3*26-20-10-6-18(7-11-20)15-24(31)30-25-22(14-17-4-2-1-3-5-17)29-23(16-28-25)19-8-12-21(27)13-9-19;26-20-10-8-19(9-11-20)23-16-27-25(22(28-23)14-17-4-2-1-3-5-17)29-24(31)15-18-6-12-21(30)13-7-18/h3*1-13,16H,14-15,27H2,(H,28,30,31);1-13,16,30H,14-15,26H2,(H,27,29,31). The van der Waals surface area contributed by atoms with Gasteiger partial charge in [0.1, 0.15) is 11.6 Å². The molecule has 16 rings (SSSR count). The fourth-order valence-electron chi connectivity index (χ4n) is 12.8. The largest absolute Gasteiger partial charge is 0.508 e. The van der Waals surface area contributed by atoms with Gasteiger partial charge in [-0.05, 0) is 142 Å². The van der Waals surface area contributed by atoms with E-state index in [1.165, 1.54) is 12.1 Å². The first-order valence-corrected chi connectivity index (χ1v) is 40.7. The molecular weight excluding hydrogens is 1640 g/mol. The van der Waals surface area contributed by atoms with Crippen LogP contribution in [-0.4, -0.2) is 68.6 Å². The van der Waals surface area contributed by atoms with E-state index in [0.717, 1.165) is 82.6 Å². The van der Waals surface area contributed by atoms with E-state index in [-0.39, 0.29) is 60.9 Å². The lowest BCUT2D eigenvalue weighted by Crippen LogP contribution is -2.17. The molecule has 12 aromatic carbocycles. The Bertz CT molecular complexity index is 5480. The number of phenolic OH excluding ortho intramolecular Hbond substituents is 1. The molecule has 0 bridgehead atoms. The summed E-state index contributed by atoms with van der Waals surface area (Å²) >= 11 is 9.33. The molecule has 124 heavy (non-hydrogen) atoms. The fraction of sp³-hybridized carbons (Fsp3) is 0.0800. The zero-order valence-corrected chi connectivity index (χ0v) is 69.4. The van der Waals surface area contributed by atoms with E-state index in [1.54, 1.807) is 73.3 Å². The maximum Gasteiger partial charge on any atom is 0.229 e. The molecule has 4 amide bonds. The van der Waals surface area contributed by atoms with Gasteiger partial charge in [0.25, 0.3) is 0 Å². The van der Waals surface area contributed by atoms with Crippen molar-refractivity contribution in [1.29, 1.82) is 0 Å². The van der Waals surface area contributed by atoms with Gasteiger partial charge in [-0.3, -0.25) is 19.2 Å². The summed E-state index contributed by atoms with van der Waals surface area (Å²) in [6, 6.07) is 96.9. The Morgan fingerprint density at radius 3 is 0.774 bits per heavy atom. The van der Waals surface area contributed by atoms with Gasteiger partial charge in [0.05, 0.1) is 96.0 Å². The number of phenols is 1. The zero-order valence-electron chi connectivity index (χ0n) is 67.1. The summed E-state index contributed by atoms with van der Waals surface area (Å²) in [5.41, 5.74) is 42.8. The number of nitrogens with two attached hydrogens (primary N) is 4. The zero-order chi connectivity index (χ0) is 86.5. The van der Waals surface area contributed by atoms with Crippen LogP contribution in [0, 0.1) is 5.82 Å². The van der Waals surface area contributed by atoms with Crippen LogP contribution in [0.2, 0.25) is 5.02 Å². The van der Waals surface area contributed by atoms with E-state index in [9.17, 15) is 28.7 Å². The fourth-order valence-corrected chi connectivity index (χ4v) is 13.2. The first-order chi connectivity index (χ1) is 60.3. The van der Waals surface area contributed by atoms with Crippen LogP contribution < -0.4 is 44.2 Å². The molecule has 4 aromatic heterocycles. The third-order valence-electron chi connectivity index (χ3n) is 19.2. The number of aromatic nitrogens is 8. The van der Waals surface area contributed by atoms with Gasteiger partial charge < -0.3 is 49.3 Å². The van der Waals surface area contributed by atoms with Gasteiger partial charge >= 0.3 is 0 Å². The number of nitrogens with zero attached hydrogens (tertiary/aromatic N) is 8. The predicted octanol–water partition coefficient (Wildman–Crippen LogP) is 19.3. The van der Waals surface area contributed by atoms with E-state index in [4.69, 9.17) is 54.5 Å². The normalized spacial score (nSPS) is 10.6. The van der Waals surface area contributed by atoms with E-state index >= 15 is 0 Å². The smallest absolute Gasteiger partial charge is 0.229 e. The first kappa shape index (κ1) is 86.4. The highest BCUT2D eigenvalue weighted by Gasteiger charge is 2.20. The summed E-state index contributed by atoms with van der Waals surface area (Å²) in [4.78, 5) is 87.7. The topological polar surface area (TPSA) is 344 Å². The summed E-state index contributed by atoms with van der Waals surface area (Å²) < 4.78 is 14.1. The summed E-state index contributed by atoms with van der Waals surface area (Å²) in [5, 5.41) is 21.6. The first-order valence-electron chi connectivity index (χ1n) is 39.5. The van der Waals surface area contributed by atoms with Crippen molar-refractivity contribution in [3.63, 3.8) is 0 Å². The summed E-state index contributed by atoms with van der Waals surface area (Å²) in [5.74, 6) is 0.883. The molecule has 0 radical (unpaired) electrons. The number of anilines is 8. The van der Waals surface area contributed by atoms with Crippen molar-refractivity contribution in [2.75, 3.05) is 44.2 Å². The number of aromatic hydroxyl groups is 1. The second-order valence-corrected chi connectivity index (χ2v) is 30.1. The van der Waals surface area contributed by atoms with Crippen LogP contribution in [0.3, 0.4) is 0 Å². The number of carbonyl (C=O) groups is 4. The van der Waals surface area contributed by atoms with Gasteiger partial charge in [0.15, 0.2) is 23.3 Å². The van der Waals surface area contributed by atoms with Crippen LogP contribution in [0.1, 0.15) is 67.3 Å². The molecule has 616 valence electrons. The molecule has 13 N–H and O–H groups in total. The molecule has 0 saturated carbocycles. The highest BCUT2D eigenvalue weighted by Crippen LogP contribution is 2.30. The molecular formula is C100H85BrClFN16O5. The molecule has 21 nitrogen and oxygen atoms in total. The van der Waals surface area contributed by atoms with Crippen molar-refractivity contribution >= 4 is 97.2 Å². The number of nitrogens with one attached hydrogen (secondary N) is 4. The van der Waals surface area contributed by atoms with Crippen molar-refractivity contribution in [3.8, 4) is 50.8 Å². The van der Waals surface area contributed by atoms with Gasteiger partial charge in [0.2, 0.25) is 23.6 Å². The molecule has 0 aliphatic rings. The van der Waals surface area contributed by atoms with Crippen molar-refractivity contribution in [2.24, 2.45) is 0 Å². The monoisotopic (exact) mass is 1720 g/mol. The molecule has 0 aliphatic carbocycles. The lowest BCUT2D eigenvalue weighted by molar-refractivity contribution is -0.116. The molecule has 0 saturated heterocycles. The predicted molar refractivity (Wildman–Crippen MR) is 494 cm³/mol. The third kappa shape index (κ3) is 26.3. The number of benzene rings is 12. The highest BCUT2D eigenvalue weighted by atomic mass is 79.9. The number of hydrogen-bond donors (Lipinski definition) is 9. The second kappa shape index (κ2) is 43.0. The van der Waals surface area contributed by atoms with Crippen LogP contribution in [0.4, 0.5) is 50.4 Å². The molecule has 4 heterocycles. The Balaban J connectivity index is 0.000000142. The Labute approximate surface area is 730 Å². The van der Waals surface area contributed by atoms with Crippen molar-refractivity contribution in [3.05, 3.63) is 423 Å². The van der Waals surface area contributed by atoms with Crippen LogP contribution in [0.25, 0.3) is 45.0 Å². The maximum absolute atomic E-state index is 13.1. The van der Waals surface area contributed by atoms with Crippen molar-refractivity contribution in [2.45, 2.75) is 51.4 Å². The quantitative estimate of drug-likeness (QED) is 0.0254. The molecule has 24 heteroatoms. The van der Waals surface area contributed by atoms with E-state index in [1.807, 2.05) is 255 Å². The minimum absolute atomic E-state index is 0.118. The van der Waals surface area contributed by atoms with Gasteiger partial charge in [-0.1, -0.05) is 246 Å². The van der Waals surface area contributed by atoms with Crippen LogP contribution in [0.5, 0.6) is 5.75 Å². The van der Waals surface area contributed by atoms with E-state index in [0.29, 0.717) is 111 Å². The SMILES string of the molecule is Nc1ccc(-c2cnc(NC(=O)Cc3ccc(Br)cc3)c(Cc3ccccc3)n2)cc1.Nc1ccc(-c2cnc(NC(=O)Cc3ccc(Cl)cc3)c(Cc3ccccc3)n2)cc1.Nc1ccc(-c2cnc(NC(=O)Cc3ccc(F)cc3)c(Cc3ccccc3)n2)cc1.Nc1ccc(-c2cnc(NC(=O)Cc3ccc(O)cc3)c(Cc3ccccc3)n2)cc1. The van der Waals surface area contributed by atoms with Gasteiger partial charge in [-0.25, -0.2) is 44.3 Å². The van der Waals surface area contributed by atoms with Crippen molar-refractivity contribution in [1.82, 2.24) is 39.9 Å². The van der Waals surface area contributed by atoms with E-state index in [2.05, 4.69) is 57.1 Å². The maximum atomic E-state index is 13.1. The number of nitrogen functional groups attached to an aromatic ring is 4. The minimum atomic E-state index is -0.335. The lowest BCUT2D eigenvalue weighted by atomic mass is 10.1. The Kier molecular flexibility index (Phi) is 29.9. The summed E-state index contributed by atoms with van der Waals surface area (Å²) in [6.45, 7) is 0. The van der Waals surface area contributed by atoms with Crippen molar-refractivity contribution < 1.29 is 28.7 Å². The Morgan fingerprint density at radius 2 is 0.524 bits per heavy atom. The Hall–Kier alpha value is -15.5. The number of hydrogen-bond acceptors (Lipinski definition) is 17. The molecule has 0 aliphatic heterocycles. The minimum Gasteiger partial charge on any atom is -0.508 e. The molecule has 0 fully saturated rings. The number of carbonyl (C=O) groups excluding carboxylic acids is 4. The van der Waals surface area contributed by atoms with Crippen LogP contribution >= 0.6 is 27.5 Å². The molecule has 0 spiro atoms. The van der Waals surface area contributed by atoms with Gasteiger partial charge in [-0.15, -0.1) is 0 Å². The number of halogens is 3. The summed E-state index contributed by atoms with van der Waals surface area (Å²) in [6.07, 6.45) is 9.56. The number of amides is 4. The van der Waals surface area contributed by atoms with Gasteiger partial charge in [-0.2, -0.15) is 0 Å². The van der Waals surface area contributed by atoms with Gasteiger partial charge in [0, 0.05) is 80.2 Å². The lowest BCUT2D eigenvalue weighted by Gasteiger charge is -2.12. The van der Waals surface area contributed by atoms with Crippen LogP contribution in [-0.2, 0) is 70.5 Å². The highest BCUT2D eigenvalue weighted by molar-refractivity contribution is 9.10. The van der Waals surface area contributed by atoms with E-state index < -0.39 is 0 Å². The summed E-state index contributed by atoms with van der Waals surface area (Å²) in [7, 11) is 0. The van der Waals surface area contributed by atoms with Crippen LogP contribution in [0.15, 0.2) is 345 Å². The molecule has 0 atom stereocenters. The third-order valence-corrected chi connectivity index (χ3v) is 20.0. The Morgan fingerprint density at radius 1 is 0.298 bits per heavy atom. The molecule has 16 aromatic rings. The average Bonchev–Trinajstić information content (AvgIpc) is 0.831. The second-order valence-electron chi connectivity index (χ2n) is 28.8. The molecule has 0 unspecified atom stereocenters.